The van der Waals surface area contributed by atoms with Gasteiger partial charge in [-0.2, -0.15) is 0 Å². The van der Waals surface area contributed by atoms with E-state index in [9.17, 15) is 4.79 Å². The average Bonchev–Trinajstić information content (AvgIpc) is 2.19. The highest BCUT2D eigenvalue weighted by atomic mass is 16.5. The summed E-state index contributed by atoms with van der Waals surface area (Å²) in [5, 5.41) is 0. The van der Waals surface area contributed by atoms with Crippen LogP contribution in [0.4, 0.5) is 0 Å². The van der Waals surface area contributed by atoms with Crippen molar-refractivity contribution < 1.29 is 9.53 Å². The Kier molecular flexibility index (Phi) is 5.96. The second-order valence-corrected chi connectivity index (χ2v) is 3.66. The average molecular weight is 201 g/mol. The Morgan fingerprint density at radius 2 is 1.79 bits per heavy atom. The molecule has 0 aliphatic rings. The van der Waals surface area contributed by atoms with Crippen molar-refractivity contribution in [2.75, 3.05) is 26.8 Å². The number of rotatable bonds is 7. The number of carbonyl (C=O) groups is 1. The Bertz CT molecular complexity index is 178. The first-order valence-electron chi connectivity index (χ1n) is 5.34. The molecular weight excluding hydrogens is 178 g/mol. The zero-order chi connectivity index (χ0) is 11.2. The normalized spacial score (nSPS) is 15.6. The maximum atomic E-state index is 11.9. The van der Waals surface area contributed by atoms with Crippen LogP contribution in [0, 0.1) is 0 Å². The Labute approximate surface area is 87.4 Å². The molecule has 0 N–H and O–H groups in total. The summed E-state index contributed by atoms with van der Waals surface area (Å²) < 4.78 is 4.91. The number of methoxy groups -OCH3 is 1. The standard InChI is InChI=1S/C11H23NO2/c1-6-11(4,10(13)9-14-5)12(7-2)8-3/h6-9H2,1-5H3. The fourth-order valence-electron chi connectivity index (χ4n) is 1.81. The third-order valence-corrected chi connectivity index (χ3v) is 3.03. The van der Waals surface area contributed by atoms with Gasteiger partial charge in [0.05, 0.1) is 5.54 Å². The molecule has 1 atom stereocenters. The Hall–Kier alpha value is -0.410. The quantitative estimate of drug-likeness (QED) is 0.628. The summed E-state index contributed by atoms with van der Waals surface area (Å²) >= 11 is 0. The largest absolute Gasteiger partial charge is 0.377 e. The van der Waals surface area contributed by atoms with Crippen molar-refractivity contribution in [2.45, 2.75) is 39.7 Å². The summed E-state index contributed by atoms with van der Waals surface area (Å²) in [6, 6.07) is 0. The van der Waals surface area contributed by atoms with Gasteiger partial charge in [0.1, 0.15) is 6.61 Å². The number of carbonyl (C=O) groups excluding carboxylic acids is 1. The van der Waals surface area contributed by atoms with Crippen LogP contribution < -0.4 is 0 Å². The molecule has 0 spiro atoms. The molecule has 0 aliphatic heterocycles. The van der Waals surface area contributed by atoms with Crippen LogP contribution in [0.5, 0.6) is 0 Å². The van der Waals surface area contributed by atoms with E-state index in [-0.39, 0.29) is 17.9 Å². The van der Waals surface area contributed by atoms with Gasteiger partial charge in [0.25, 0.3) is 0 Å². The van der Waals surface area contributed by atoms with Gasteiger partial charge in [-0.1, -0.05) is 20.8 Å². The Morgan fingerprint density at radius 3 is 2.07 bits per heavy atom. The lowest BCUT2D eigenvalue weighted by atomic mass is 9.91. The third-order valence-electron chi connectivity index (χ3n) is 3.03. The van der Waals surface area contributed by atoms with Crippen LogP contribution in [0.25, 0.3) is 0 Å². The van der Waals surface area contributed by atoms with E-state index >= 15 is 0 Å². The van der Waals surface area contributed by atoms with Crippen molar-refractivity contribution in [3.05, 3.63) is 0 Å². The molecule has 3 heteroatoms. The zero-order valence-corrected chi connectivity index (χ0v) is 10.1. The van der Waals surface area contributed by atoms with Gasteiger partial charge in [0, 0.05) is 7.11 Å². The Morgan fingerprint density at radius 1 is 1.29 bits per heavy atom. The fraction of sp³-hybridized carbons (Fsp3) is 0.909. The number of likely N-dealkylation sites (N-methyl/N-ethyl adjacent to an activating group) is 1. The van der Waals surface area contributed by atoms with Gasteiger partial charge in [-0.3, -0.25) is 9.69 Å². The lowest BCUT2D eigenvalue weighted by Crippen LogP contribution is -2.53. The number of nitrogens with zero attached hydrogens (tertiary/aromatic N) is 1. The van der Waals surface area contributed by atoms with E-state index in [1.807, 2.05) is 13.8 Å². The van der Waals surface area contributed by atoms with E-state index in [2.05, 4.69) is 18.7 Å². The smallest absolute Gasteiger partial charge is 0.178 e. The van der Waals surface area contributed by atoms with Crippen LogP contribution in [0.15, 0.2) is 0 Å². The lowest BCUT2D eigenvalue weighted by molar-refractivity contribution is -0.134. The van der Waals surface area contributed by atoms with Crippen molar-refractivity contribution >= 4 is 5.78 Å². The summed E-state index contributed by atoms with van der Waals surface area (Å²) in [6.45, 7) is 10.2. The van der Waals surface area contributed by atoms with Crippen LogP contribution in [-0.2, 0) is 9.53 Å². The molecule has 0 aromatic carbocycles. The van der Waals surface area contributed by atoms with Gasteiger partial charge in [0.2, 0.25) is 0 Å². The van der Waals surface area contributed by atoms with Crippen molar-refractivity contribution in [2.24, 2.45) is 0 Å². The summed E-state index contributed by atoms with van der Waals surface area (Å²) in [4.78, 5) is 14.1. The van der Waals surface area contributed by atoms with E-state index in [1.54, 1.807) is 7.11 Å². The summed E-state index contributed by atoms with van der Waals surface area (Å²) in [6.07, 6.45) is 0.830. The highest BCUT2D eigenvalue weighted by Gasteiger charge is 2.35. The van der Waals surface area contributed by atoms with Gasteiger partial charge in [0.15, 0.2) is 5.78 Å². The molecule has 0 bridgehead atoms. The molecule has 1 unspecified atom stereocenters. The second-order valence-electron chi connectivity index (χ2n) is 3.66. The number of hydrogen-bond acceptors (Lipinski definition) is 3. The third kappa shape index (κ3) is 2.79. The maximum absolute atomic E-state index is 11.9. The van der Waals surface area contributed by atoms with Crippen molar-refractivity contribution in [3.8, 4) is 0 Å². The zero-order valence-electron chi connectivity index (χ0n) is 10.1. The van der Waals surface area contributed by atoms with E-state index < -0.39 is 0 Å². The Balaban J connectivity index is 4.66. The summed E-state index contributed by atoms with van der Waals surface area (Å²) in [5.74, 6) is 0.172. The first kappa shape index (κ1) is 13.6. The van der Waals surface area contributed by atoms with Gasteiger partial charge in [-0.15, -0.1) is 0 Å². The predicted octanol–water partition coefficient (Wildman–Crippen LogP) is 1.71. The van der Waals surface area contributed by atoms with Gasteiger partial charge in [-0.25, -0.2) is 0 Å². The van der Waals surface area contributed by atoms with Gasteiger partial charge in [-0.05, 0) is 26.4 Å². The van der Waals surface area contributed by atoms with Crippen LogP contribution in [0.3, 0.4) is 0 Å². The molecule has 3 nitrogen and oxygen atoms in total. The SMILES string of the molecule is CCN(CC)C(C)(CC)C(=O)COC. The molecule has 0 aliphatic carbocycles. The minimum atomic E-state index is -0.362. The van der Waals surface area contributed by atoms with Crippen molar-refractivity contribution in [1.29, 1.82) is 0 Å². The highest BCUT2D eigenvalue weighted by Crippen LogP contribution is 2.20. The molecule has 0 rings (SSSR count). The molecule has 0 amide bonds. The van der Waals surface area contributed by atoms with Gasteiger partial charge < -0.3 is 4.74 Å². The molecule has 0 radical (unpaired) electrons. The highest BCUT2D eigenvalue weighted by molar-refractivity contribution is 5.89. The number of ketones is 1. The van der Waals surface area contributed by atoms with Crippen molar-refractivity contribution in [3.63, 3.8) is 0 Å². The van der Waals surface area contributed by atoms with E-state index in [0.717, 1.165) is 19.5 Å². The first-order chi connectivity index (χ1) is 6.56. The summed E-state index contributed by atoms with van der Waals surface area (Å²) in [5.41, 5.74) is -0.362. The van der Waals surface area contributed by atoms with Crippen LogP contribution in [-0.4, -0.2) is 43.0 Å². The van der Waals surface area contributed by atoms with E-state index in [0.29, 0.717) is 0 Å². The van der Waals surface area contributed by atoms with E-state index in [1.165, 1.54) is 0 Å². The maximum Gasteiger partial charge on any atom is 0.178 e. The molecule has 0 aromatic rings. The topological polar surface area (TPSA) is 29.5 Å². The summed E-state index contributed by atoms with van der Waals surface area (Å²) in [7, 11) is 1.57. The van der Waals surface area contributed by atoms with Crippen LogP contribution in [0.1, 0.15) is 34.1 Å². The fourth-order valence-corrected chi connectivity index (χ4v) is 1.81. The van der Waals surface area contributed by atoms with Crippen molar-refractivity contribution in [1.82, 2.24) is 4.90 Å². The number of ether oxygens (including phenoxy) is 1. The molecule has 0 saturated heterocycles. The van der Waals surface area contributed by atoms with Crippen LogP contribution >= 0.6 is 0 Å². The number of hydrogen-bond donors (Lipinski definition) is 0. The van der Waals surface area contributed by atoms with Crippen LogP contribution in [0.2, 0.25) is 0 Å². The second kappa shape index (κ2) is 6.14. The molecule has 0 aromatic heterocycles. The monoisotopic (exact) mass is 201 g/mol. The van der Waals surface area contributed by atoms with Gasteiger partial charge >= 0.3 is 0 Å². The van der Waals surface area contributed by atoms with E-state index in [4.69, 9.17) is 4.74 Å². The predicted molar refractivity (Wildman–Crippen MR) is 58.5 cm³/mol. The molecule has 84 valence electrons. The minimum absolute atomic E-state index is 0.172. The molecule has 14 heavy (non-hydrogen) atoms. The lowest BCUT2D eigenvalue weighted by Gasteiger charge is -2.38. The number of Topliss-reactive ketones (excluding diaryl/α,β-unsaturated/α-hetero) is 1. The molecule has 0 heterocycles. The first-order valence-corrected chi connectivity index (χ1v) is 5.34. The molecule has 0 saturated carbocycles. The molecular formula is C11H23NO2. The molecule has 0 fully saturated rings. The minimum Gasteiger partial charge on any atom is -0.377 e.